The van der Waals surface area contributed by atoms with Gasteiger partial charge in [-0.25, -0.2) is 0 Å². The van der Waals surface area contributed by atoms with E-state index in [0.29, 0.717) is 28.8 Å². The Hall–Kier alpha value is -1.71. The van der Waals surface area contributed by atoms with E-state index in [9.17, 15) is 0 Å². The largest absolute Gasteiger partial charge is 0.493 e. The van der Waals surface area contributed by atoms with Crippen molar-refractivity contribution in [3.8, 4) is 17.2 Å². The van der Waals surface area contributed by atoms with Crippen LogP contribution in [0, 0.1) is 6.92 Å². The van der Waals surface area contributed by atoms with Crippen molar-refractivity contribution >= 4 is 11.6 Å². The molecule has 2 rings (SSSR count). The lowest BCUT2D eigenvalue weighted by atomic mass is 10.2. The molecule has 2 aromatic carbocycles. The molecule has 0 amide bonds. The zero-order valence-electron chi connectivity index (χ0n) is 10.9. The molecular weight excluding hydrogens is 262 g/mol. The van der Waals surface area contributed by atoms with Crippen molar-refractivity contribution < 1.29 is 9.47 Å². The Morgan fingerprint density at radius 3 is 2.63 bits per heavy atom. The number of para-hydroxylation sites is 1. The minimum Gasteiger partial charge on any atom is -0.493 e. The fraction of sp³-hybridized carbons (Fsp3) is 0.200. The van der Waals surface area contributed by atoms with Crippen LogP contribution in [0.2, 0.25) is 5.02 Å². The maximum absolute atomic E-state index is 6.16. The van der Waals surface area contributed by atoms with E-state index in [4.69, 9.17) is 26.8 Å². The van der Waals surface area contributed by atoms with Gasteiger partial charge in [-0.2, -0.15) is 0 Å². The number of benzene rings is 2. The first-order valence-corrected chi connectivity index (χ1v) is 6.33. The minimum absolute atomic E-state index is 0.365. The normalized spacial score (nSPS) is 10.3. The van der Waals surface area contributed by atoms with Crippen LogP contribution in [0.1, 0.15) is 11.1 Å². The van der Waals surface area contributed by atoms with E-state index in [-0.39, 0.29) is 0 Å². The Labute approximate surface area is 117 Å². The van der Waals surface area contributed by atoms with Gasteiger partial charge >= 0.3 is 0 Å². The molecule has 0 aliphatic rings. The number of rotatable bonds is 4. The van der Waals surface area contributed by atoms with Crippen molar-refractivity contribution in [3.05, 3.63) is 52.5 Å². The molecule has 0 saturated carbocycles. The third-order valence-electron chi connectivity index (χ3n) is 2.80. The molecule has 0 radical (unpaired) electrons. The number of ether oxygens (including phenoxy) is 2. The van der Waals surface area contributed by atoms with Gasteiger partial charge in [-0.15, -0.1) is 0 Å². The molecule has 0 aromatic heterocycles. The standard InChI is InChI=1S/C15H16ClNO2/c1-10-6-7-13(14(8-10)18-2)19-15-11(9-17)4-3-5-12(15)16/h3-8H,9,17H2,1-2H3. The van der Waals surface area contributed by atoms with Crippen LogP contribution >= 0.6 is 11.6 Å². The predicted molar refractivity (Wildman–Crippen MR) is 77.1 cm³/mol. The summed E-state index contributed by atoms with van der Waals surface area (Å²) in [6.45, 7) is 2.36. The lowest BCUT2D eigenvalue weighted by Crippen LogP contribution is -2.00. The Kier molecular flexibility index (Phi) is 4.30. The van der Waals surface area contributed by atoms with Crippen LogP contribution in [-0.4, -0.2) is 7.11 Å². The van der Waals surface area contributed by atoms with E-state index in [0.717, 1.165) is 11.1 Å². The van der Waals surface area contributed by atoms with E-state index in [1.54, 1.807) is 13.2 Å². The Morgan fingerprint density at radius 2 is 1.95 bits per heavy atom. The van der Waals surface area contributed by atoms with Crippen LogP contribution in [0.3, 0.4) is 0 Å². The highest BCUT2D eigenvalue weighted by Crippen LogP contribution is 2.37. The van der Waals surface area contributed by atoms with Crippen LogP contribution in [0.4, 0.5) is 0 Å². The van der Waals surface area contributed by atoms with Crippen molar-refractivity contribution in [2.24, 2.45) is 5.73 Å². The van der Waals surface area contributed by atoms with E-state index in [1.807, 2.05) is 37.3 Å². The van der Waals surface area contributed by atoms with Crippen LogP contribution in [0.15, 0.2) is 36.4 Å². The molecule has 3 nitrogen and oxygen atoms in total. The highest BCUT2D eigenvalue weighted by molar-refractivity contribution is 6.32. The number of hydrogen-bond acceptors (Lipinski definition) is 3. The maximum atomic E-state index is 6.16. The molecule has 0 aliphatic heterocycles. The van der Waals surface area contributed by atoms with Gasteiger partial charge in [0.1, 0.15) is 0 Å². The summed E-state index contributed by atoms with van der Waals surface area (Å²) in [5.41, 5.74) is 7.65. The average molecular weight is 278 g/mol. The summed E-state index contributed by atoms with van der Waals surface area (Å²) in [5.74, 6) is 1.87. The number of methoxy groups -OCH3 is 1. The molecule has 0 saturated heterocycles. The van der Waals surface area contributed by atoms with Gasteiger partial charge in [0.15, 0.2) is 17.2 Å². The second kappa shape index (κ2) is 5.95. The minimum atomic E-state index is 0.365. The van der Waals surface area contributed by atoms with E-state index in [2.05, 4.69) is 0 Å². The summed E-state index contributed by atoms with van der Waals surface area (Å²) < 4.78 is 11.2. The van der Waals surface area contributed by atoms with Crippen molar-refractivity contribution in [1.82, 2.24) is 0 Å². The molecule has 0 aliphatic carbocycles. The van der Waals surface area contributed by atoms with Gasteiger partial charge in [0.05, 0.1) is 12.1 Å². The van der Waals surface area contributed by atoms with Crippen molar-refractivity contribution in [1.29, 1.82) is 0 Å². The molecule has 0 heterocycles. The molecule has 19 heavy (non-hydrogen) atoms. The third-order valence-corrected chi connectivity index (χ3v) is 3.10. The van der Waals surface area contributed by atoms with Crippen LogP contribution in [0.25, 0.3) is 0 Å². The number of nitrogens with two attached hydrogens (primary N) is 1. The number of hydrogen-bond donors (Lipinski definition) is 1. The van der Waals surface area contributed by atoms with Crippen molar-refractivity contribution in [2.75, 3.05) is 7.11 Å². The molecule has 0 bridgehead atoms. The Balaban J connectivity index is 2.41. The molecule has 0 unspecified atom stereocenters. The SMILES string of the molecule is COc1cc(C)ccc1Oc1c(Cl)cccc1CN. The number of aryl methyl sites for hydroxylation is 1. The van der Waals surface area contributed by atoms with Crippen molar-refractivity contribution in [2.45, 2.75) is 13.5 Å². The second-order valence-corrected chi connectivity index (χ2v) is 4.60. The van der Waals surface area contributed by atoms with E-state index >= 15 is 0 Å². The summed E-state index contributed by atoms with van der Waals surface area (Å²) in [5, 5.41) is 0.533. The summed E-state index contributed by atoms with van der Waals surface area (Å²) in [7, 11) is 1.61. The Morgan fingerprint density at radius 1 is 1.16 bits per heavy atom. The first kappa shape index (κ1) is 13.7. The molecule has 0 atom stereocenters. The van der Waals surface area contributed by atoms with Crippen LogP contribution < -0.4 is 15.2 Å². The summed E-state index contributed by atoms with van der Waals surface area (Å²) >= 11 is 6.16. The summed E-state index contributed by atoms with van der Waals surface area (Å²) in [4.78, 5) is 0. The maximum Gasteiger partial charge on any atom is 0.169 e. The van der Waals surface area contributed by atoms with Gasteiger partial charge in [0.25, 0.3) is 0 Å². The fourth-order valence-electron chi connectivity index (χ4n) is 1.80. The topological polar surface area (TPSA) is 44.5 Å². The monoisotopic (exact) mass is 277 g/mol. The zero-order valence-corrected chi connectivity index (χ0v) is 11.7. The van der Waals surface area contributed by atoms with Crippen LogP contribution in [0.5, 0.6) is 17.2 Å². The molecule has 100 valence electrons. The fourth-order valence-corrected chi connectivity index (χ4v) is 2.03. The highest BCUT2D eigenvalue weighted by Gasteiger charge is 2.11. The van der Waals surface area contributed by atoms with Gasteiger partial charge in [0.2, 0.25) is 0 Å². The predicted octanol–water partition coefficient (Wildman–Crippen LogP) is 3.91. The molecule has 0 spiro atoms. The average Bonchev–Trinajstić information content (AvgIpc) is 2.42. The van der Waals surface area contributed by atoms with Gasteiger partial charge in [-0.3, -0.25) is 0 Å². The Bertz CT molecular complexity index is 584. The van der Waals surface area contributed by atoms with E-state index in [1.165, 1.54) is 0 Å². The van der Waals surface area contributed by atoms with Crippen molar-refractivity contribution in [3.63, 3.8) is 0 Å². The number of halogens is 1. The van der Waals surface area contributed by atoms with Crippen LogP contribution in [-0.2, 0) is 6.54 Å². The third kappa shape index (κ3) is 3.00. The lowest BCUT2D eigenvalue weighted by Gasteiger charge is -2.14. The lowest BCUT2D eigenvalue weighted by molar-refractivity contribution is 0.377. The quantitative estimate of drug-likeness (QED) is 0.921. The first-order valence-electron chi connectivity index (χ1n) is 5.95. The smallest absolute Gasteiger partial charge is 0.169 e. The summed E-state index contributed by atoms with van der Waals surface area (Å²) in [6, 6.07) is 11.2. The molecule has 2 N–H and O–H groups in total. The van der Waals surface area contributed by atoms with E-state index < -0.39 is 0 Å². The van der Waals surface area contributed by atoms with Gasteiger partial charge in [-0.05, 0) is 30.7 Å². The second-order valence-electron chi connectivity index (χ2n) is 4.19. The highest BCUT2D eigenvalue weighted by atomic mass is 35.5. The molecular formula is C15H16ClNO2. The zero-order chi connectivity index (χ0) is 13.8. The first-order chi connectivity index (χ1) is 9.15. The molecule has 0 fully saturated rings. The molecule has 4 heteroatoms. The van der Waals surface area contributed by atoms with Gasteiger partial charge in [0, 0.05) is 12.1 Å². The van der Waals surface area contributed by atoms with Gasteiger partial charge in [-0.1, -0.05) is 29.8 Å². The summed E-state index contributed by atoms with van der Waals surface area (Å²) in [6.07, 6.45) is 0. The molecule has 2 aromatic rings. The van der Waals surface area contributed by atoms with Gasteiger partial charge < -0.3 is 15.2 Å².